The molecule has 1 aliphatic heterocycles. The molecule has 0 amide bonds. The van der Waals surface area contributed by atoms with Crippen LogP contribution in [0.5, 0.6) is 0 Å². The molecule has 88 valence electrons. The average Bonchev–Trinajstić information content (AvgIpc) is 2.29. The largest absolute Gasteiger partial charge is 0.317 e. The zero-order valence-electron chi connectivity index (χ0n) is 10.3. The fraction of sp³-hybridized carbons (Fsp3) is 1.00. The lowest BCUT2D eigenvalue weighted by molar-refractivity contribution is 0.0997. The minimum atomic E-state index is 0.849. The average molecular weight is 210 g/mol. The maximum absolute atomic E-state index is 3.45. The molecule has 1 saturated heterocycles. The molecular weight excluding hydrogens is 184 g/mol. The molecule has 1 saturated carbocycles. The summed E-state index contributed by atoms with van der Waals surface area (Å²) < 4.78 is 0. The predicted molar refractivity (Wildman–Crippen MR) is 65.1 cm³/mol. The molecule has 1 heterocycles. The molecule has 0 bridgehead atoms. The van der Waals surface area contributed by atoms with E-state index in [1.165, 1.54) is 51.6 Å². The number of nitrogens with one attached hydrogen (secondary N) is 1. The van der Waals surface area contributed by atoms with Crippen LogP contribution in [0.4, 0.5) is 0 Å². The fourth-order valence-electron chi connectivity index (χ4n) is 3.28. The molecule has 2 unspecified atom stereocenters. The molecule has 1 aliphatic carbocycles. The molecule has 0 aromatic heterocycles. The van der Waals surface area contributed by atoms with Crippen LogP contribution in [0.3, 0.4) is 0 Å². The molecule has 2 fully saturated rings. The molecule has 1 N–H and O–H groups in total. The normalized spacial score (nSPS) is 34.6. The first-order chi connectivity index (χ1) is 7.27. The molecule has 2 nitrogen and oxygen atoms in total. The van der Waals surface area contributed by atoms with Gasteiger partial charge in [-0.2, -0.15) is 0 Å². The van der Waals surface area contributed by atoms with Crippen molar-refractivity contribution in [1.29, 1.82) is 0 Å². The zero-order chi connectivity index (χ0) is 10.7. The van der Waals surface area contributed by atoms with Crippen molar-refractivity contribution >= 4 is 0 Å². The van der Waals surface area contributed by atoms with Crippen molar-refractivity contribution in [3.05, 3.63) is 0 Å². The van der Waals surface area contributed by atoms with Crippen LogP contribution in [0.1, 0.15) is 45.4 Å². The molecule has 0 spiro atoms. The van der Waals surface area contributed by atoms with E-state index in [9.17, 15) is 0 Å². The molecule has 2 atom stereocenters. The van der Waals surface area contributed by atoms with Crippen molar-refractivity contribution in [1.82, 2.24) is 10.2 Å². The van der Waals surface area contributed by atoms with E-state index in [-0.39, 0.29) is 0 Å². The third kappa shape index (κ3) is 2.94. The first-order valence-electron chi connectivity index (χ1n) is 6.70. The van der Waals surface area contributed by atoms with Gasteiger partial charge in [0.05, 0.1) is 0 Å². The summed E-state index contributed by atoms with van der Waals surface area (Å²) in [5.74, 6) is 0.952. The molecule has 2 heteroatoms. The quantitative estimate of drug-likeness (QED) is 0.752. The highest BCUT2D eigenvalue weighted by Crippen LogP contribution is 2.28. The van der Waals surface area contributed by atoms with Crippen molar-refractivity contribution in [2.75, 3.05) is 20.1 Å². The Hall–Kier alpha value is -0.0800. The molecule has 0 aromatic carbocycles. The van der Waals surface area contributed by atoms with Crippen LogP contribution in [0.25, 0.3) is 0 Å². The van der Waals surface area contributed by atoms with Crippen LogP contribution in [-0.4, -0.2) is 37.1 Å². The maximum atomic E-state index is 3.45. The lowest BCUT2D eigenvalue weighted by atomic mass is 9.85. The molecule has 2 aliphatic rings. The zero-order valence-corrected chi connectivity index (χ0v) is 10.3. The SMILES string of the molecule is CC1CCCC(N(C)C2CCNCC2)C1. The standard InChI is InChI=1S/C13H26N2/c1-11-4-3-5-13(10-11)15(2)12-6-8-14-9-7-12/h11-14H,3-10H2,1-2H3. The second-order valence-corrected chi connectivity index (χ2v) is 5.57. The lowest BCUT2D eigenvalue weighted by Gasteiger charge is -2.40. The van der Waals surface area contributed by atoms with Gasteiger partial charge in [0.15, 0.2) is 0 Å². The van der Waals surface area contributed by atoms with Crippen molar-refractivity contribution in [2.45, 2.75) is 57.5 Å². The lowest BCUT2D eigenvalue weighted by Crippen LogP contribution is -2.47. The van der Waals surface area contributed by atoms with E-state index in [1.807, 2.05) is 0 Å². The highest BCUT2D eigenvalue weighted by Gasteiger charge is 2.27. The summed E-state index contributed by atoms with van der Waals surface area (Å²) in [5, 5.41) is 3.45. The number of rotatable bonds is 2. The van der Waals surface area contributed by atoms with Gasteiger partial charge >= 0.3 is 0 Å². The Bertz CT molecular complexity index is 187. The van der Waals surface area contributed by atoms with E-state index in [1.54, 1.807) is 0 Å². The Kier molecular flexibility index (Phi) is 4.04. The predicted octanol–water partition coefficient (Wildman–Crippen LogP) is 2.25. The topological polar surface area (TPSA) is 15.3 Å². The van der Waals surface area contributed by atoms with Gasteiger partial charge in [0.25, 0.3) is 0 Å². The Balaban J connectivity index is 1.85. The van der Waals surface area contributed by atoms with Gasteiger partial charge in [-0.15, -0.1) is 0 Å². The van der Waals surface area contributed by atoms with Gasteiger partial charge in [-0.3, -0.25) is 0 Å². The van der Waals surface area contributed by atoms with E-state index in [2.05, 4.69) is 24.2 Å². The Morgan fingerprint density at radius 2 is 1.73 bits per heavy atom. The van der Waals surface area contributed by atoms with Gasteiger partial charge < -0.3 is 10.2 Å². The van der Waals surface area contributed by atoms with E-state index in [4.69, 9.17) is 0 Å². The maximum Gasteiger partial charge on any atom is 0.0119 e. The summed E-state index contributed by atoms with van der Waals surface area (Å²) in [6.07, 6.45) is 8.46. The highest BCUT2D eigenvalue weighted by molar-refractivity contribution is 4.83. The molecule has 15 heavy (non-hydrogen) atoms. The number of hydrogen-bond donors (Lipinski definition) is 1. The number of nitrogens with zero attached hydrogens (tertiary/aromatic N) is 1. The Morgan fingerprint density at radius 1 is 1.00 bits per heavy atom. The van der Waals surface area contributed by atoms with Gasteiger partial charge in [-0.1, -0.05) is 19.8 Å². The minimum absolute atomic E-state index is 0.849. The van der Waals surface area contributed by atoms with Gasteiger partial charge in [-0.25, -0.2) is 0 Å². The van der Waals surface area contributed by atoms with Gasteiger partial charge in [0, 0.05) is 12.1 Å². The first-order valence-corrected chi connectivity index (χ1v) is 6.70. The van der Waals surface area contributed by atoms with Crippen LogP contribution in [0.2, 0.25) is 0 Å². The van der Waals surface area contributed by atoms with E-state index >= 15 is 0 Å². The molecule has 2 rings (SSSR count). The second kappa shape index (κ2) is 5.31. The van der Waals surface area contributed by atoms with Gasteiger partial charge in [-0.05, 0) is 51.7 Å². The van der Waals surface area contributed by atoms with Crippen LogP contribution < -0.4 is 5.32 Å². The van der Waals surface area contributed by atoms with Crippen molar-refractivity contribution in [3.63, 3.8) is 0 Å². The third-order valence-corrected chi connectivity index (χ3v) is 4.37. The van der Waals surface area contributed by atoms with Crippen LogP contribution in [-0.2, 0) is 0 Å². The summed E-state index contributed by atoms with van der Waals surface area (Å²) in [6.45, 7) is 4.86. The first kappa shape index (κ1) is 11.4. The van der Waals surface area contributed by atoms with Crippen LogP contribution in [0, 0.1) is 5.92 Å². The van der Waals surface area contributed by atoms with Gasteiger partial charge in [0.1, 0.15) is 0 Å². The summed E-state index contributed by atoms with van der Waals surface area (Å²) in [7, 11) is 2.36. The summed E-state index contributed by atoms with van der Waals surface area (Å²) in [4.78, 5) is 2.69. The van der Waals surface area contributed by atoms with Crippen molar-refractivity contribution in [2.24, 2.45) is 5.92 Å². The molecule has 0 aromatic rings. The summed E-state index contributed by atoms with van der Waals surface area (Å²) >= 11 is 0. The Labute approximate surface area is 94.4 Å². The summed E-state index contributed by atoms with van der Waals surface area (Å²) in [5.41, 5.74) is 0. The monoisotopic (exact) mass is 210 g/mol. The van der Waals surface area contributed by atoms with E-state index < -0.39 is 0 Å². The van der Waals surface area contributed by atoms with Crippen molar-refractivity contribution < 1.29 is 0 Å². The van der Waals surface area contributed by atoms with Crippen LogP contribution in [0.15, 0.2) is 0 Å². The molecular formula is C13H26N2. The number of piperidine rings is 1. The minimum Gasteiger partial charge on any atom is -0.317 e. The van der Waals surface area contributed by atoms with E-state index in [0.29, 0.717) is 0 Å². The number of hydrogen-bond acceptors (Lipinski definition) is 2. The van der Waals surface area contributed by atoms with E-state index in [0.717, 1.165) is 18.0 Å². The summed E-state index contributed by atoms with van der Waals surface area (Å²) in [6, 6.07) is 1.72. The van der Waals surface area contributed by atoms with Gasteiger partial charge in [0.2, 0.25) is 0 Å². The molecule has 0 radical (unpaired) electrons. The Morgan fingerprint density at radius 3 is 2.40 bits per heavy atom. The fourth-order valence-corrected chi connectivity index (χ4v) is 3.28. The van der Waals surface area contributed by atoms with Crippen LogP contribution >= 0.6 is 0 Å². The van der Waals surface area contributed by atoms with Crippen molar-refractivity contribution in [3.8, 4) is 0 Å². The third-order valence-electron chi connectivity index (χ3n) is 4.37. The smallest absolute Gasteiger partial charge is 0.0119 e. The second-order valence-electron chi connectivity index (χ2n) is 5.57. The highest BCUT2D eigenvalue weighted by atomic mass is 15.2.